The van der Waals surface area contributed by atoms with Gasteiger partial charge in [0, 0.05) is 6.54 Å². The van der Waals surface area contributed by atoms with Crippen molar-refractivity contribution >= 4 is 17.4 Å². The fourth-order valence-electron chi connectivity index (χ4n) is 1.29. The molecule has 0 radical (unpaired) electrons. The number of nitrogens with one attached hydrogen (secondary N) is 1. The van der Waals surface area contributed by atoms with E-state index in [9.17, 15) is 4.79 Å². The van der Waals surface area contributed by atoms with Crippen molar-refractivity contribution < 1.29 is 9.90 Å². The molecule has 1 heterocycles. The van der Waals surface area contributed by atoms with Crippen molar-refractivity contribution in [3.05, 3.63) is 10.6 Å². The van der Waals surface area contributed by atoms with Gasteiger partial charge in [-0.3, -0.25) is 4.79 Å². The third-order valence-corrected chi connectivity index (χ3v) is 2.95. The van der Waals surface area contributed by atoms with E-state index in [2.05, 4.69) is 14.9 Å². The molecule has 1 rings (SSSR count). The molecule has 0 fully saturated rings. The van der Waals surface area contributed by atoms with Crippen LogP contribution in [0.25, 0.3) is 0 Å². The predicted molar refractivity (Wildman–Crippen MR) is 62.5 cm³/mol. The maximum atomic E-state index is 11.7. The Kier molecular flexibility index (Phi) is 5.34. The van der Waals surface area contributed by atoms with Gasteiger partial charge in [-0.25, -0.2) is 0 Å². The summed E-state index contributed by atoms with van der Waals surface area (Å²) in [6, 6.07) is 0. The molecule has 6 heteroatoms. The molecule has 1 aromatic heterocycles. The Hall–Kier alpha value is -1.01. The predicted octanol–water partition coefficient (Wildman–Crippen LogP) is 0.991. The topological polar surface area (TPSA) is 75.1 Å². The van der Waals surface area contributed by atoms with Crippen LogP contribution in [0.1, 0.15) is 42.1 Å². The summed E-state index contributed by atoms with van der Waals surface area (Å²) in [4.78, 5) is 12.3. The first-order chi connectivity index (χ1) is 7.65. The largest absolute Gasteiger partial charge is 0.393 e. The lowest BCUT2D eigenvalue weighted by Crippen LogP contribution is -2.25. The van der Waals surface area contributed by atoms with Gasteiger partial charge in [0.2, 0.25) is 0 Å². The van der Waals surface area contributed by atoms with E-state index in [0.29, 0.717) is 24.3 Å². The molecule has 0 saturated heterocycles. The number of hydrogen-bond donors (Lipinski definition) is 2. The molecule has 5 nitrogen and oxygen atoms in total. The molecule has 16 heavy (non-hydrogen) atoms. The molecule has 0 bridgehead atoms. The van der Waals surface area contributed by atoms with Crippen LogP contribution in [0.2, 0.25) is 0 Å². The van der Waals surface area contributed by atoms with Crippen molar-refractivity contribution in [3.63, 3.8) is 0 Å². The average molecular weight is 243 g/mol. The lowest BCUT2D eigenvalue weighted by molar-refractivity contribution is 0.0952. The maximum Gasteiger partial charge on any atom is 0.264 e. The first kappa shape index (κ1) is 13.1. The summed E-state index contributed by atoms with van der Waals surface area (Å²) in [5.41, 5.74) is 0.748. The van der Waals surface area contributed by atoms with E-state index in [4.69, 9.17) is 5.11 Å². The Morgan fingerprint density at radius 1 is 1.62 bits per heavy atom. The van der Waals surface area contributed by atoms with Crippen molar-refractivity contribution in [2.75, 3.05) is 6.54 Å². The lowest BCUT2D eigenvalue weighted by atomic mass is 10.2. The zero-order valence-electron chi connectivity index (χ0n) is 9.56. The summed E-state index contributed by atoms with van der Waals surface area (Å²) in [5, 5.41) is 15.7. The highest BCUT2D eigenvalue weighted by Gasteiger charge is 2.13. The summed E-state index contributed by atoms with van der Waals surface area (Å²) >= 11 is 1.12. The van der Waals surface area contributed by atoms with Gasteiger partial charge in [-0.15, -0.1) is 5.10 Å². The molecule has 0 aliphatic carbocycles. The van der Waals surface area contributed by atoms with Gasteiger partial charge in [-0.1, -0.05) is 11.4 Å². The first-order valence-corrected chi connectivity index (χ1v) is 6.20. The van der Waals surface area contributed by atoms with Gasteiger partial charge in [0.1, 0.15) is 4.88 Å². The summed E-state index contributed by atoms with van der Waals surface area (Å²) in [5.74, 6) is -0.113. The molecule has 0 aromatic carbocycles. The van der Waals surface area contributed by atoms with E-state index in [1.807, 2.05) is 6.92 Å². The second-order valence-electron chi connectivity index (χ2n) is 3.65. The molecule has 0 spiro atoms. The van der Waals surface area contributed by atoms with Gasteiger partial charge in [0.05, 0.1) is 11.8 Å². The van der Waals surface area contributed by atoms with Gasteiger partial charge in [0.15, 0.2) is 0 Å². The minimum atomic E-state index is -0.312. The number of aliphatic hydroxyl groups is 1. The Morgan fingerprint density at radius 3 is 3.00 bits per heavy atom. The highest BCUT2D eigenvalue weighted by Crippen LogP contribution is 2.10. The van der Waals surface area contributed by atoms with Gasteiger partial charge in [0.25, 0.3) is 5.91 Å². The standard InChI is InChI=1S/C10H17N3O2S/c1-3-8-9(16-13-12-8)10(15)11-6-4-5-7(2)14/h7,14H,3-6H2,1-2H3,(H,11,15). The van der Waals surface area contributed by atoms with Crippen LogP contribution in [0.5, 0.6) is 0 Å². The number of amides is 1. The van der Waals surface area contributed by atoms with E-state index in [-0.39, 0.29) is 12.0 Å². The second kappa shape index (κ2) is 6.55. The number of rotatable bonds is 6. The van der Waals surface area contributed by atoms with Crippen LogP contribution in [-0.2, 0) is 6.42 Å². The number of carbonyl (C=O) groups is 1. The monoisotopic (exact) mass is 243 g/mol. The zero-order chi connectivity index (χ0) is 12.0. The molecule has 1 atom stereocenters. The van der Waals surface area contributed by atoms with E-state index < -0.39 is 0 Å². The number of aromatic nitrogens is 2. The van der Waals surface area contributed by atoms with E-state index in [1.165, 1.54) is 0 Å². The van der Waals surface area contributed by atoms with Crippen LogP contribution in [0, 0.1) is 0 Å². The van der Waals surface area contributed by atoms with Gasteiger partial charge in [-0.05, 0) is 37.7 Å². The highest BCUT2D eigenvalue weighted by molar-refractivity contribution is 7.08. The van der Waals surface area contributed by atoms with Crippen molar-refractivity contribution in [2.24, 2.45) is 0 Å². The number of nitrogens with zero attached hydrogens (tertiary/aromatic N) is 2. The number of hydrogen-bond acceptors (Lipinski definition) is 5. The molecule has 0 aliphatic heterocycles. The molecular formula is C10H17N3O2S. The SMILES string of the molecule is CCc1nnsc1C(=O)NCCCC(C)O. The Bertz CT molecular complexity index is 339. The smallest absolute Gasteiger partial charge is 0.264 e. The first-order valence-electron chi connectivity index (χ1n) is 5.42. The van der Waals surface area contributed by atoms with Crippen LogP contribution >= 0.6 is 11.5 Å². The molecule has 1 amide bonds. The maximum absolute atomic E-state index is 11.7. The van der Waals surface area contributed by atoms with Crippen molar-refractivity contribution in [1.29, 1.82) is 0 Å². The third kappa shape index (κ3) is 3.86. The Morgan fingerprint density at radius 2 is 2.38 bits per heavy atom. The van der Waals surface area contributed by atoms with Crippen LogP contribution in [0.4, 0.5) is 0 Å². The van der Waals surface area contributed by atoms with Crippen LogP contribution in [0.15, 0.2) is 0 Å². The van der Waals surface area contributed by atoms with E-state index in [1.54, 1.807) is 6.92 Å². The molecule has 0 aliphatic rings. The van der Waals surface area contributed by atoms with Gasteiger partial charge < -0.3 is 10.4 Å². The van der Waals surface area contributed by atoms with E-state index in [0.717, 1.165) is 23.6 Å². The minimum absolute atomic E-state index is 0.113. The fourth-order valence-corrected chi connectivity index (χ4v) is 1.96. The van der Waals surface area contributed by atoms with Crippen molar-refractivity contribution in [1.82, 2.24) is 14.9 Å². The molecule has 0 saturated carbocycles. The Labute approximate surface area is 99.0 Å². The normalized spacial score (nSPS) is 12.4. The molecule has 2 N–H and O–H groups in total. The van der Waals surface area contributed by atoms with Crippen LogP contribution in [0.3, 0.4) is 0 Å². The van der Waals surface area contributed by atoms with E-state index >= 15 is 0 Å². The van der Waals surface area contributed by atoms with Crippen LogP contribution in [-0.4, -0.2) is 33.2 Å². The molecule has 1 unspecified atom stereocenters. The summed E-state index contributed by atoms with van der Waals surface area (Å²) in [6.07, 6.45) is 1.87. The summed E-state index contributed by atoms with van der Waals surface area (Å²) < 4.78 is 3.76. The van der Waals surface area contributed by atoms with Crippen molar-refractivity contribution in [2.45, 2.75) is 39.2 Å². The minimum Gasteiger partial charge on any atom is -0.393 e. The molecule has 90 valence electrons. The third-order valence-electron chi connectivity index (χ3n) is 2.18. The summed E-state index contributed by atoms with van der Waals surface area (Å²) in [6.45, 7) is 4.26. The van der Waals surface area contributed by atoms with Gasteiger partial charge >= 0.3 is 0 Å². The average Bonchev–Trinajstić information content (AvgIpc) is 2.71. The second-order valence-corrected chi connectivity index (χ2v) is 4.40. The van der Waals surface area contributed by atoms with Crippen LogP contribution < -0.4 is 5.32 Å². The zero-order valence-corrected chi connectivity index (χ0v) is 10.4. The highest BCUT2D eigenvalue weighted by atomic mass is 32.1. The lowest BCUT2D eigenvalue weighted by Gasteiger charge is -2.05. The summed E-state index contributed by atoms with van der Waals surface area (Å²) in [7, 11) is 0. The Balaban J connectivity index is 2.35. The quantitative estimate of drug-likeness (QED) is 0.731. The van der Waals surface area contributed by atoms with Gasteiger partial charge in [-0.2, -0.15) is 0 Å². The number of aliphatic hydroxyl groups excluding tert-OH is 1. The van der Waals surface area contributed by atoms with Crippen molar-refractivity contribution in [3.8, 4) is 0 Å². The number of carbonyl (C=O) groups excluding carboxylic acids is 1. The fraction of sp³-hybridized carbons (Fsp3) is 0.700. The number of aryl methyl sites for hydroxylation is 1. The molecule has 1 aromatic rings. The molecular weight excluding hydrogens is 226 g/mol.